The van der Waals surface area contributed by atoms with Gasteiger partial charge in [0.2, 0.25) is 5.16 Å². The van der Waals surface area contributed by atoms with Crippen LogP contribution >= 0.6 is 39.0 Å². The first kappa shape index (κ1) is 15.9. The van der Waals surface area contributed by atoms with Gasteiger partial charge < -0.3 is 17.0 Å². The number of pyridine rings is 1. The molecule has 1 aliphatic heterocycles. The number of hydrogen-bond donors (Lipinski definition) is 0. The van der Waals surface area contributed by atoms with Crippen molar-refractivity contribution in [3.8, 4) is 11.4 Å². The van der Waals surface area contributed by atoms with E-state index in [0.717, 1.165) is 36.7 Å². The number of fused-ring (bicyclic) bond motifs is 1. The molecule has 0 fully saturated rings. The Morgan fingerprint density at radius 2 is 2.09 bits per heavy atom. The number of aromatic nitrogens is 4. The maximum Gasteiger partial charge on any atom is 0.212 e. The van der Waals surface area contributed by atoms with Gasteiger partial charge in [0, 0.05) is 23.7 Å². The van der Waals surface area contributed by atoms with Crippen molar-refractivity contribution in [2.24, 2.45) is 5.10 Å². The van der Waals surface area contributed by atoms with Crippen molar-refractivity contribution in [2.45, 2.75) is 5.16 Å². The smallest absolute Gasteiger partial charge is 0.212 e. The molecule has 22 heavy (non-hydrogen) atoms. The lowest BCUT2D eigenvalue weighted by Crippen LogP contribution is -3.00. The van der Waals surface area contributed by atoms with Gasteiger partial charge >= 0.3 is 0 Å². The molecule has 4 rings (SSSR count). The summed E-state index contributed by atoms with van der Waals surface area (Å²) in [5.41, 5.74) is 1.95. The molecule has 0 radical (unpaired) electrons. The first-order chi connectivity index (χ1) is 10.3. The summed E-state index contributed by atoms with van der Waals surface area (Å²) in [4.78, 5) is 5.29. The lowest BCUT2D eigenvalue weighted by Gasteiger charge is -2.12. The molecule has 0 bridgehead atoms. The van der Waals surface area contributed by atoms with Crippen LogP contribution in [0.25, 0.3) is 11.4 Å². The minimum Gasteiger partial charge on any atom is -1.00 e. The Labute approximate surface area is 153 Å². The summed E-state index contributed by atoms with van der Waals surface area (Å²) in [6.07, 6.45) is 3.51. The van der Waals surface area contributed by atoms with E-state index in [4.69, 9.17) is 5.10 Å². The Bertz CT molecular complexity index is 828. The van der Waals surface area contributed by atoms with Gasteiger partial charge in [-0.05, 0) is 40.2 Å². The number of thioether (sulfide) groups is 1. The van der Waals surface area contributed by atoms with Gasteiger partial charge in [0.15, 0.2) is 5.82 Å². The fraction of sp³-hybridized carbons (Fsp3) is 0.0769. The summed E-state index contributed by atoms with van der Waals surface area (Å²) < 4.78 is 2.90. The van der Waals surface area contributed by atoms with Crippen LogP contribution in [0, 0.1) is 0 Å². The molecule has 0 N–H and O–H groups in total. The van der Waals surface area contributed by atoms with Crippen LogP contribution in [0.2, 0.25) is 0 Å². The van der Waals surface area contributed by atoms with Crippen molar-refractivity contribution in [2.75, 3.05) is 5.75 Å². The maximum atomic E-state index is 4.71. The molecule has 9 heteroatoms. The summed E-state index contributed by atoms with van der Waals surface area (Å²) in [5.74, 6) is 1.52. The molecule has 0 spiro atoms. The Morgan fingerprint density at radius 1 is 1.18 bits per heavy atom. The third-order valence-electron chi connectivity index (χ3n) is 2.95. The van der Waals surface area contributed by atoms with Gasteiger partial charge in [0.25, 0.3) is 0 Å². The molecule has 1 aliphatic rings. The summed E-state index contributed by atoms with van der Waals surface area (Å²) in [6, 6.07) is 7.96. The van der Waals surface area contributed by atoms with Crippen molar-refractivity contribution in [3.05, 3.63) is 45.3 Å². The van der Waals surface area contributed by atoms with Crippen molar-refractivity contribution < 1.29 is 17.0 Å². The molecular weight excluding hydrogens is 450 g/mol. The van der Waals surface area contributed by atoms with E-state index >= 15 is 0 Å². The zero-order chi connectivity index (χ0) is 14.2. The van der Waals surface area contributed by atoms with Crippen LogP contribution in [0.5, 0.6) is 0 Å². The first-order valence-electron chi connectivity index (χ1n) is 6.13. The quantitative estimate of drug-likeness (QED) is 0.563. The predicted octanol–water partition coefficient (Wildman–Crippen LogP) is 0.526. The van der Waals surface area contributed by atoms with Gasteiger partial charge in [0.1, 0.15) is 0 Å². The van der Waals surface area contributed by atoms with Gasteiger partial charge in [-0.15, -0.1) is 21.5 Å². The molecule has 0 atom stereocenters. The molecule has 5 nitrogen and oxygen atoms in total. The predicted molar refractivity (Wildman–Crippen MR) is 87.9 cm³/mol. The third-order valence-corrected chi connectivity index (χ3v) is 5.55. The number of halogens is 2. The standard InChI is InChI=1S/C13H8BrN5S2.BrH/c14-11-4-3-10(21-11)9-7-20-13-17-16-12(19(13)18-9)8-2-1-5-15-6-8;/h1-6H,7H2;1H/p-1. The van der Waals surface area contributed by atoms with Crippen LogP contribution in [0.15, 0.2) is 50.7 Å². The minimum absolute atomic E-state index is 0. The van der Waals surface area contributed by atoms with E-state index in [2.05, 4.69) is 37.2 Å². The second-order valence-corrected chi connectivity index (χ2v) is 7.70. The molecule has 0 amide bonds. The Morgan fingerprint density at radius 3 is 2.82 bits per heavy atom. The van der Waals surface area contributed by atoms with Gasteiger partial charge in [-0.3, -0.25) is 4.98 Å². The second-order valence-electron chi connectivity index (χ2n) is 4.30. The van der Waals surface area contributed by atoms with E-state index < -0.39 is 0 Å². The molecular formula is C13H8Br2N5S2-. The molecule has 0 aliphatic carbocycles. The Kier molecular flexibility index (Phi) is 4.76. The van der Waals surface area contributed by atoms with Gasteiger partial charge in [-0.2, -0.15) is 9.78 Å². The molecule has 0 saturated heterocycles. The van der Waals surface area contributed by atoms with E-state index in [1.54, 1.807) is 40.2 Å². The fourth-order valence-corrected chi connectivity index (χ4v) is 4.28. The Balaban J connectivity index is 0.00000144. The van der Waals surface area contributed by atoms with Crippen LogP contribution in [0.1, 0.15) is 4.88 Å². The first-order valence-corrected chi connectivity index (χ1v) is 8.73. The Hall–Kier alpha value is -1.03. The van der Waals surface area contributed by atoms with E-state index in [-0.39, 0.29) is 17.0 Å². The average molecular weight is 458 g/mol. The number of thiophene rings is 1. The second kappa shape index (κ2) is 6.61. The average Bonchev–Trinajstić information content (AvgIpc) is 3.13. The molecule has 4 heterocycles. The fourth-order valence-electron chi connectivity index (χ4n) is 1.99. The summed E-state index contributed by atoms with van der Waals surface area (Å²) in [7, 11) is 0. The number of hydrogen-bond acceptors (Lipinski definition) is 6. The zero-order valence-electron chi connectivity index (χ0n) is 11.0. The third kappa shape index (κ3) is 2.90. The van der Waals surface area contributed by atoms with Crippen LogP contribution in [-0.2, 0) is 0 Å². The largest absolute Gasteiger partial charge is 1.00 e. The lowest BCUT2D eigenvalue weighted by molar-refractivity contribution is -0.00000407. The van der Waals surface area contributed by atoms with Crippen molar-refractivity contribution in [1.29, 1.82) is 0 Å². The number of nitrogens with zero attached hydrogens (tertiary/aromatic N) is 5. The zero-order valence-corrected chi connectivity index (χ0v) is 15.8. The minimum atomic E-state index is 0. The van der Waals surface area contributed by atoms with Crippen LogP contribution < -0.4 is 17.0 Å². The SMILES string of the molecule is Brc1ccc(C2=Nn3c(nnc3-c3cccnc3)SC2)s1.[Br-]. The number of rotatable bonds is 2. The molecule has 3 aromatic rings. The highest BCUT2D eigenvalue weighted by Crippen LogP contribution is 2.30. The molecule has 0 saturated carbocycles. The molecule has 3 aromatic heterocycles. The van der Waals surface area contributed by atoms with E-state index in [9.17, 15) is 0 Å². The summed E-state index contributed by atoms with van der Waals surface area (Å²) in [6.45, 7) is 0. The van der Waals surface area contributed by atoms with Crippen molar-refractivity contribution >= 4 is 44.7 Å². The highest BCUT2D eigenvalue weighted by Gasteiger charge is 2.21. The van der Waals surface area contributed by atoms with Crippen LogP contribution in [-0.4, -0.2) is 31.3 Å². The van der Waals surface area contributed by atoms with Crippen molar-refractivity contribution in [1.82, 2.24) is 19.9 Å². The normalized spacial score (nSPS) is 13.2. The van der Waals surface area contributed by atoms with E-state index in [1.807, 2.05) is 18.2 Å². The maximum absolute atomic E-state index is 4.71. The van der Waals surface area contributed by atoms with Gasteiger partial charge in [-0.1, -0.05) is 11.8 Å². The molecule has 0 aromatic carbocycles. The summed E-state index contributed by atoms with van der Waals surface area (Å²) >= 11 is 6.82. The van der Waals surface area contributed by atoms with Crippen LogP contribution in [0.4, 0.5) is 0 Å². The van der Waals surface area contributed by atoms with Crippen LogP contribution in [0.3, 0.4) is 0 Å². The van der Waals surface area contributed by atoms with E-state index in [1.165, 1.54) is 0 Å². The molecule has 0 unspecified atom stereocenters. The summed E-state index contributed by atoms with van der Waals surface area (Å²) in [5, 5.41) is 14.0. The topological polar surface area (TPSA) is 56.0 Å². The van der Waals surface area contributed by atoms with Crippen molar-refractivity contribution in [3.63, 3.8) is 0 Å². The highest BCUT2D eigenvalue weighted by molar-refractivity contribution is 9.11. The van der Waals surface area contributed by atoms with Gasteiger partial charge in [0.05, 0.1) is 14.4 Å². The van der Waals surface area contributed by atoms with Gasteiger partial charge in [-0.25, -0.2) is 0 Å². The monoisotopic (exact) mass is 456 g/mol. The lowest BCUT2D eigenvalue weighted by atomic mass is 10.3. The highest BCUT2D eigenvalue weighted by atomic mass is 79.9. The molecule has 112 valence electrons. The van der Waals surface area contributed by atoms with E-state index in [0.29, 0.717) is 0 Å².